The number of carbonyl (C=O) groups is 1. The molecule has 0 aliphatic heterocycles. The Morgan fingerprint density at radius 1 is 1.25 bits per heavy atom. The quantitative estimate of drug-likeness (QED) is 0.892. The molecule has 2 aromatic carbocycles. The summed E-state index contributed by atoms with van der Waals surface area (Å²) in [5, 5.41) is 12.3. The molecule has 0 spiro atoms. The Morgan fingerprint density at radius 2 is 2.00 bits per heavy atom. The van der Waals surface area contributed by atoms with Gasteiger partial charge in [-0.3, -0.25) is 4.79 Å². The first-order valence-corrected chi connectivity index (χ1v) is 6.54. The van der Waals surface area contributed by atoms with Gasteiger partial charge < -0.3 is 5.32 Å². The molecule has 2 rings (SSSR count). The second kappa shape index (κ2) is 5.96. The molecule has 5 heteroatoms. The van der Waals surface area contributed by atoms with Gasteiger partial charge in [0.1, 0.15) is 0 Å². The van der Waals surface area contributed by atoms with Crippen LogP contribution in [0.25, 0.3) is 0 Å². The van der Waals surface area contributed by atoms with Gasteiger partial charge in [-0.05, 0) is 36.8 Å². The number of nitriles is 1. The van der Waals surface area contributed by atoms with E-state index >= 15 is 0 Å². The van der Waals surface area contributed by atoms with Crippen molar-refractivity contribution in [3.8, 4) is 6.07 Å². The van der Waals surface area contributed by atoms with E-state index in [9.17, 15) is 4.79 Å². The van der Waals surface area contributed by atoms with Crippen molar-refractivity contribution < 1.29 is 4.79 Å². The minimum absolute atomic E-state index is 0.362. The van der Waals surface area contributed by atoms with Gasteiger partial charge in [-0.15, -0.1) is 0 Å². The molecule has 0 heterocycles. The molecule has 1 amide bonds. The van der Waals surface area contributed by atoms with Crippen molar-refractivity contribution in [3.05, 3.63) is 63.1 Å². The summed E-state index contributed by atoms with van der Waals surface area (Å²) in [7, 11) is 0. The molecule has 3 nitrogen and oxygen atoms in total. The molecule has 2 aromatic rings. The Balaban J connectivity index is 2.33. The van der Waals surface area contributed by atoms with Crippen LogP contribution in [0.15, 0.2) is 36.4 Å². The van der Waals surface area contributed by atoms with E-state index in [-0.39, 0.29) is 5.91 Å². The first-order chi connectivity index (χ1) is 9.52. The van der Waals surface area contributed by atoms with E-state index in [0.717, 1.165) is 5.56 Å². The van der Waals surface area contributed by atoms with Crippen molar-refractivity contribution in [3.63, 3.8) is 0 Å². The van der Waals surface area contributed by atoms with Crippen molar-refractivity contribution in [1.82, 2.24) is 0 Å². The summed E-state index contributed by atoms with van der Waals surface area (Å²) in [4.78, 5) is 12.2. The number of hydrogen-bond donors (Lipinski definition) is 1. The number of amides is 1. The average molecular weight is 305 g/mol. The third-order valence-corrected chi connectivity index (χ3v) is 3.61. The summed E-state index contributed by atoms with van der Waals surface area (Å²) in [5.74, 6) is -0.365. The van der Waals surface area contributed by atoms with Gasteiger partial charge in [0.05, 0.1) is 32.9 Å². The minimum Gasteiger partial charge on any atom is -0.321 e. The van der Waals surface area contributed by atoms with Crippen LogP contribution in [0.1, 0.15) is 21.5 Å². The maximum atomic E-state index is 12.2. The van der Waals surface area contributed by atoms with Gasteiger partial charge in [0.25, 0.3) is 5.91 Å². The van der Waals surface area contributed by atoms with Crippen LogP contribution in [0.5, 0.6) is 0 Å². The Morgan fingerprint density at radius 3 is 2.70 bits per heavy atom. The molecule has 0 unspecified atom stereocenters. The number of anilines is 1. The topological polar surface area (TPSA) is 52.9 Å². The van der Waals surface area contributed by atoms with E-state index < -0.39 is 0 Å². The molecule has 0 aliphatic carbocycles. The predicted octanol–water partition coefficient (Wildman–Crippen LogP) is 4.43. The van der Waals surface area contributed by atoms with Crippen LogP contribution in [0.4, 0.5) is 5.69 Å². The zero-order valence-corrected chi connectivity index (χ0v) is 12.1. The molecule has 0 saturated heterocycles. The van der Waals surface area contributed by atoms with Gasteiger partial charge in [-0.1, -0.05) is 35.3 Å². The molecule has 0 saturated carbocycles. The van der Waals surface area contributed by atoms with E-state index in [1.807, 2.05) is 19.1 Å². The van der Waals surface area contributed by atoms with Crippen LogP contribution in [0, 0.1) is 18.3 Å². The van der Waals surface area contributed by atoms with Gasteiger partial charge in [-0.2, -0.15) is 5.26 Å². The average Bonchev–Trinajstić information content (AvgIpc) is 2.44. The van der Waals surface area contributed by atoms with Gasteiger partial charge in [0, 0.05) is 0 Å². The van der Waals surface area contributed by atoms with E-state index in [4.69, 9.17) is 28.5 Å². The minimum atomic E-state index is -0.365. The highest BCUT2D eigenvalue weighted by atomic mass is 35.5. The lowest BCUT2D eigenvalue weighted by Crippen LogP contribution is -2.13. The SMILES string of the molecule is Cc1cccc(C(=O)Nc2cc(C#N)ccc2Cl)c1Cl. The van der Waals surface area contributed by atoms with Crippen molar-refractivity contribution in [2.75, 3.05) is 5.32 Å². The van der Waals surface area contributed by atoms with E-state index in [1.165, 1.54) is 6.07 Å². The number of benzene rings is 2. The van der Waals surface area contributed by atoms with E-state index in [2.05, 4.69) is 5.32 Å². The van der Waals surface area contributed by atoms with Crippen LogP contribution in [0.2, 0.25) is 10.0 Å². The monoisotopic (exact) mass is 304 g/mol. The lowest BCUT2D eigenvalue weighted by molar-refractivity contribution is 0.102. The molecule has 0 aliphatic rings. The Labute approximate surface area is 126 Å². The fourth-order valence-electron chi connectivity index (χ4n) is 1.70. The second-order valence-electron chi connectivity index (χ2n) is 4.20. The molecule has 0 aromatic heterocycles. The maximum Gasteiger partial charge on any atom is 0.257 e. The largest absolute Gasteiger partial charge is 0.321 e. The van der Waals surface area contributed by atoms with Crippen LogP contribution >= 0.6 is 23.2 Å². The van der Waals surface area contributed by atoms with Crippen molar-refractivity contribution in [1.29, 1.82) is 5.26 Å². The number of hydrogen-bond acceptors (Lipinski definition) is 2. The number of halogens is 2. The zero-order chi connectivity index (χ0) is 14.7. The first kappa shape index (κ1) is 14.4. The van der Waals surface area contributed by atoms with Gasteiger partial charge in [-0.25, -0.2) is 0 Å². The second-order valence-corrected chi connectivity index (χ2v) is 4.98. The summed E-state index contributed by atoms with van der Waals surface area (Å²) in [6.07, 6.45) is 0. The highest BCUT2D eigenvalue weighted by Crippen LogP contribution is 2.25. The number of carbonyl (C=O) groups excluding carboxylic acids is 1. The van der Waals surface area contributed by atoms with Crippen LogP contribution in [0.3, 0.4) is 0 Å². The molecule has 0 radical (unpaired) electrons. The van der Waals surface area contributed by atoms with E-state index in [1.54, 1.807) is 24.3 Å². The van der Waals surface area contributed by atoms with E-state index in [0.29, 0.717) is 26.9 Å². The van der Waals surface area contributed by atoms with Crippen LogP contribution in [-0.4, -0.2) is 5.91 Å². The van der Waals surface area contributed by atoms with Crippen LogP contribution in [-0.2, 0) is 0 Å². The highest BCUT2D eigenvalue weighted by molar-refractivity contribution is 6.36. The van der Waals surface area contributed by atoms with Crippen molar-refractivity contribution in [2.24, 2.45) is 0 Å². The Hall–Kier alpha value is -2.02. The third kappa shape index (κ3) is 2.93. The molecule has 20 heavy (non-hydrogen) atoms. The summed E-state index contributed by atoms with van der Waals surface area (Å²) in [5.41, 5.74) is 1.98. The van der Waals surface area contributed by atoms with Gasteiger partial charge in [0.2, 0.25) is 0 Å². The molecule has 0 fully saturated rings. The molecular formula is C15H10Cl2N2O. The lowest BCUT2D eigenvalue weighted by Gasteiger charge is -2.09. The number of nitrogens with one attached hydrogen (secondary N) is 1. The predicted molar refractivity (Wildman–Crippen MR) is 80.3 cm³/mol. The first-order valence-electron chi connectivity index (χ1n) is 5.79. The van der Waals surface area contributed by atoms with Gasteiger partial charge in [0.15, 0.2) is 0 Å². The van der Waals surface area contributed by atoms with Crippen molar-refractivity contribution >= 4 is 34.8 Å². The molecule has 0 atom stereocenters. The smallest absolute Gasteiger partial charge is 0.257 e. The molecular weight excluding hydrogens is 295 g/mol. The number of nitrogens with zero attached hydrogens (tertiary/aromatic N) is 1. The summed E-state index contributed by atoms with van der Waals surface area (Å²) in [6, 6.07) is 11.9. The molecule has 1 N–H and O–H groups in total. The summed E-state index contributed by atoms with van der Waals surface area (Å²) >= 11 is 12.1. The fourth-order valence-corrected chi connectivity index (χ4v) is 2.08. The summed E-state index contributed by atoms with van der Waals surface area (Å²) < 4.78 is 0. The number of rotatable bonds is 2. The summed E-state index contributed by atoms with van der Waals surface area (Å²) in [6.45, 7) is 1.82. The van der Waals surface area contributed by atoms with Crippen LogP contribution < -0.4 is 5.32 Å². The lowest BCUT2D eigenvalue weighted by atomic mass is 10.1. The zero-order valence-electron chi connectivity index (χ0n) is 10.6. The van der Waals surface area contributed by atoms with Gasteiger partial charge >= 0.3 is 0 Å². The molecule has 0 bridgehead atoms. The molecule has 100 valence electrons. The normalized spacial score (nSPS) is 9.90. The Kier molecular flexibility index (Phi) is 4.29. The van der Waals surface area contributed by atoms with Crippen molar-refractivity contribution in [2.45, 2.75) is 6.92 Å². The fraction of sp³-hybridized carbons (Fsp3) is 0.0667. The standard InChI is InChI=1S/C15H10Cl2N2O/c1-9-3-2-4-11(14(9)17)15(20)19-13-7-10(8-18)5-6-12(13)16/h2-7H,1H3,(H,19,20). The Bertz CT molecular complexity index is 720. The number of aryl methyl sites for hydroxylation is 1. The maximum absolute atomic E-state index is 12.2. The highest BCUT2D eigenvalue weighted by Gasteiger charge is 2.13. The third-order valence-electron chi connectivity index (χ3n) is 2.78.